The lowest BCUT2D eigenvalue weighted by atomic mass is 9.70. The molecule has 0 radical (unpaired) electrons. The quantitative estimate of drug-likeness (QED) is 0.0381. The summed E-state index contributed by atoms with van der Waals surface area (Å²) in [6, 6.07) is 57.3. The molecule has 0 bridgehead atoms. The van der Waals surface area contributed by atoms with Gasteiger partial charge in [0.05, 0.1) is 0 Å². The minimum Gasteiger partial charge on any atom is -0.0985 e. The Morgan fingerprint density at radius 1 is 0.444 bits per heavy atom. The van der Waals surface area contributed by atoms with Crippen LogP contribution in [-0.4, -0.2) is 8.07 Å². The fourth-order valence-electron chi connectivity index (χ4n) is 9.23. The molecule has 0 fully saturated rings. The second kappa shape index (κ2) is 17.4. The van der Waals surface area contributed by atoms with E-state index in [9.17, 15) is 0 Å². The molecule has 6 aromatic rings. The molecule has 1 aliphatic carbocycles. The Hall–Kier alpha value is -4.98. The number of fused-ring (bicyclic) bond motifs is 3. The maximum absolute atomic E-state index is 4.15. The SMILES string of the molecule is C=Cc1ccc2c(c1)C(CCCCCC)(CCCCCC)c1cc(/C=C/c3ccc([Si](c4ccccc4)(c4ccccc4)c4ccccc4)cc3)ccc1-2. The Morgan fingerprint density at radius 3 is 1.31 bits per heavy atom. The fourth-order valence-corrected chi connectivity index (χ4v) is 14.0. The van der Waals surface area contributed by atoms with E-state index in [1.54, 1.807) is 0 Å². The first kappa shape index (κ1) is 37.3. The van der Waals surface area contributed by atoms with Crippen molar-refractivity contribution in [1.82, 2.24) is 0 Å². The highest BCUT2D eigenvalue weighted by Crippen LogP contribution is 2.54. The van der Waals surface area contributed by atoms with Crippen LogP contribution in [0.15, 0.2) is 158 Å². The van der Waals surface area contributed by atoms with E-state index in [-0.39, 0.29) is 5.41 Å². The monoisotopic (exact) mass is 720 g/mol. The number of rotatable bonds is 17. The van der Waals surface area contributed by atoms with Crippen LogP contribution in [0.4, 0.5) is 0 Å². The van der Waals surface area contributed by atoms with E-state index in [1.165, 1.54) is 124 Å². The van der Waals surface area contributed by atoms with Crippen molar-refractivity contribution < 1.29 is 0 Å². The minimum absolute atomic E-state index is 0.0525. The number of unbranched alkanes of at least 4 members (excludes halogenated alkanes) is 6. The van der Waals surface area contributed by atoms with Crippen LogP contribution < -0.4 is 20.7 Å². The molecule has 272 valence electrons. The number of hydrogen-bond donors (Lipinski definition) is 0. The van der Waals surface area contributed by atoms with Crippen molar-refractivity contribution in [2.45, 2.75) is 83.5 Å². The molecule has 0 nitrogen and oxygen atoms in total. The van der Waals surface area contributed by atoms with Crippen LogP contribution in [0.25, 0.3) is 29.4 Å². The van der Waals surface area contributed by atoms with Crippen molar-refractivity contribution in [2.75, 3.05) is 0 Å². The third-order valence-corrected chi connectivity index (χ3v) is 16.8. The standard InChI is InChI=1S/C53H56Si/c1-4-7-9-20-38-53(39-21-10-8-5-2)51-40-42(6-3)32-36-49(51)50-37-33-44(41-52(50)53)29-28-43-30-34-48(35-31-43)54(45-22-14-11-15-23-45,46-24-16-12-17-25-46)47-26-18-13-19-27-47/h6,11-19,22-37,40-41H,3-5,7-10,20-21,38-39H2,1-2H3/b29-28+. The van der Waals surface area contributed by atoms with Gasteiger partial charge in [-0.05, 0) is 72.5 Å². The van der Waals surface area contributed by atoms with Crippen LogP contribution in [0.2, 0.25) is 0 Å². The zero-order valence-corrected chi connectivity index (χ0v) is 33.4. The Labute approximate surface area is 326 Å². The summed E-state index contributed by atoms with van der Waals surface area (Å²) in [5.74, 6) is 0. The van der Waals surface area contributed by atoms with Gasteiger partial charge in [-0.25, -0.2) is 0 Å². The van der Waals surface area contributed by atoms with Gasteiger partial charge < -0.3 is 0 Å². The lowest BCUT2D eigenvalue weighted by molar-refractivity contribution is 0.401. The molecule has 6 aromatic carbocycles. The highest BCUT2D eigenvalue weighted by Gasteiger charge is 2.43. The van der Waals surface area contributed by atoms with E-state index in [2.05, 4.69) is 184 Å². The molecule has 0 aromatic heterocycles. The largest absolute Gasteiger partial charge is 0.179 e. The van der Waals surface area contributed by atoms with E-state index < -0.39 is 8.07 Å². The third-order valence-electron chi connectivity index (χ3n) is 12.0. The minimum atomic E-state index is -2.54. The topological polar surface area (TPSA) is 0 Å². The van der Waals surface area contributed by atoms with Crippen LogP contribution in [0.5, 0.6) is 0 Å². The molecule has 0 heterocycles. The van der Waals surface area contributed by atoms with Crippen LogP contribution in [0.1, 0.15) is 106 Å². The highest BCUT2D eigenvalue weighted by molar-refractivity contribution is 7.19. The summed E-state index contributed by atoms with van der Waals surface area (Å²) in [6.45, 7) is 8.79. The van der Waals surface area contributed by atoms with Gasteiger partial charge in [-0.1, -0.05) is 242 Å². The molecule has 54 heavy (non-hydrogen) atoms. The lowest BCUT2D eigenvalue weighted by Crippen LogP contribution is -2.74. The Bertz CT molecular complexity index is 2030. The van der Waals surface area contributed by atoms with Gasteiger partial charge in [0.15, 0.2) is 8.07 Å². The first-order valence-corrected chi connectivity index (χ1v) is 22.5. The van der Waals surface area contributed by atoms with Gasteiger partial charge in [-0.3, -0.25) is 0 Å². The molecule has 0 spiro atoms. The molecular formula is C53H56Si. The van der Waals surface area contributed by atoms with E-state index in [0.29, 0.717) is 0 Å². The van der Waals surface area contributed by atoms with Crippen LogP contribution in [0.3, 0.4) is 0 Å². The summed E-state index contributed by atoms with van der Waals surface area (Å²) in [6.07, 6.45) is 19.4. The van der Waals surface area contributed by atoms with E-state index in [1.807, 2.05) is 6.08 Å². The molecule has 0 amide bonds. The van der Waals surface area contributed by atoms with Gasteiger partial charge in [-0.2, -0.15) is 0 Å². The van der Waals surface area contributed by atoms with Crippen LogP contribution >= 0.6 is 0 Å². The van der Waals surface area contributed by atoms with Crippen molar-refractivity contribution in [1.29, 1.82) is 0 Å². The summed E-state index contributed by atoms with van der Waals surface area (Å²) in [7, 11) is -2.54. The van der Waals surface area contributed by atoms with Crippen molar-refractivity contribution in [3.8, 4) is 11.1 Å². The number of benzene rings is 6. The predicted molar refractivity (Wildman–Crippen MR) is 239 cm³/mol. The van der Waals surface area contributed by atoms with E-state index in [0.717, 1.165) is 0 Å². The summed E-state index contributed by atoms with van der Waals surface area (Å²) in [4.78, 5) is 0. The second-order valence-electron chi connectivity index (χ2n) is 15.3. The molecular weight excluding hydrogens is 665 g/mol. The fraction of sp³-hybridized carbons (Fsp3) is 0.245. The second-order valence-corrected chi connectivity index (χ2v) is 19.1. The smallest absolute Gasteiger partial charge is 0.0985 e. The predicted octanol–water partition coefficient (Wildman–Crippen LogP) is 12.1. The summed E-state index contributed by atoms with van der Waals surface area (Å²) in [5.41, 5.74) is 9.71. The number of hydrogen-bond acceptors (Lipinski definition) is 0. The third kappa shape index (κ3) is 7.40. The Balaban J connectivity index is 1.26. The molecule has 0 N–H and O–H groups in total. The summed E-state index contributed by atoms with van der Waals surface area (Å²) in [5, 5.41) is 5.60. The van der Waals surface area contributed by atoms with Gasteiger partial charge >= 0.3 is 0 Å². The normalized spacial score (nSPS) is 13.1. The average Bonchev–Trinajstić information content (AvgIpc) is 3.50. The van der Waals surface area contributed by atoms with Gasteiger partial charge in [0.1, 0.15) is 0 Å². The molecule has 0 saturated heterocycles. The van der Waals surface area contributed by atoms with Crippen molar-refractivity contribution in [3.05, 3.63) is 186 Å². The van der Waals surface area contributed by atoms with Crippen LogP contribution in [-0.2, 0) is 5.41 Å². The van der Waals surface area contributed by atoms with Gasteiger partial charge in [0, 0.05) is 5.41 Å². The average molecular weight is 721 g/mol. The zero-order valence-electron chi connectivity index (χ0n) is 32.4. The van der Waals surface area contributed by atoms with Gasteiger partial charge in [-0.15, -0.1) is 0 Å². The molecule has 1 aliphatic rings. The Morgan fingerprint density at radius 2 is 0.852 bits per heavy atom. The molecule has 0 unspecified atom stereocenters. The van der Waals surface area contributed by atoms with Crippen molar-refractivity contribution >= 4 is 47.0 Å². The summed E-state index contributed by atoms with van der Waals surface area (Å²) >= 11 is 0. The highest BCUT2D eigenvalue weighted by atomic mass is 28.3. The Kier molecular flexibility index (Phi) is 12.1. The molecule has 0 atom stereocenters. The maximum atomic E-state index is 4.15. The first-order chi connectivity index (χ1) is 26.6. The molecule has 1 heteroatoms. The molecule has 0 saturated carbocycles. The molecule has 7 rings (SSSR count). The van der Waals surface area contributed by atoms with E-state index >= 15 is 0 Å². The zero-order chi connectivity index (χ0) is 37.2. The van der Waals surface area contributed by atoms with Crippen molar-refractivity contribution in [2.24, 2.45) is 0 Å². The van der Waals surface area contributed by atoms with Gasteiger partial charge in [0.25, 0.3) is 0 Å². The van der Waals surface area contributed by atoms with Gasteiger partial charge in [0.2, 0.25) is 0 Å². The van der Waals surface area contributed by atoms with Crippen LogP contribution in [0, 0.1) is 0 Å². The maximum Gasteiger partial charge on any atom is 0.179 e. The summed E-state index contributed by atoms with van der Waals surface area (Å²) < 4.78 is 0. The van der Waals surface area contributed by atoms with E-state index in [4.69, 9.17) is 0 Å². The molecule has 0 aliphatic heterocycles. The lowest BCUT2D eigenvalue weighted by Gasteiger charge is -2.34. The van der Waals surface area contributed by atoms with Crippen molar-refractivity contribution in [3.63, 3.8) is 0 Å². The first-order valence-electron chi connectivity index (χ1n) is 20.5.